The summed E-state index contributed by atoms with van der Waals surface area (Å²) in [4.78, 5) is 14.2. The predicted octanol–water partition coefficient (Wildman–Crippen LogP) is 2.97. The van der Waals surface area contributed by atoms with E-state index < -0.39 is 0 Å². The lowest BCUT2D eigenvalue weighted by Crippen LogP contribution is -2.41. The van der Waals surface area contributed by atoms with Crippen LogP contribution < -0.4 is 0 Å². The van der Waals surface area contributed by atoms with Crippen LogP contribution in [-0.2, 0) is 14.1 Å². The number of hydrogen-bond acceptors (Lipinski definition) is 3. The molecule has 20 heavy (non-hydrogen) atoms. The fraction of sp³-hybridized carbons (Fsp3) is 0.933. The van der Waals surface area contributed by atoms with Gasteiger partial charge in [-0.05, 0) is 40.9 Å². The number of hydrogen-bond donors (Lipinski definition) is 0. The minimum absolute atomic E-state index is 0.177. The van der Waals surface area contributed by atoms with Gasteiger partial charge < -0.3 is 14.2 Å². The molecular formula is C15H30BNO3. The maximum absolute atomic E-state index is 12.3. The summed E-state index contributed by atoms with van der Waals surface area (Å²) in [5, 5.41) is 0. The van der Waals surface area contributed by atoms with Crippen LogP contribution in [0.5, 0.6) is 0 Å². The molecule has 1 aliphatic rings. The molecule has 0 N–H and O–H groups in total. The van der Waals surface area contributed by atoms with Crippen LogP contribution >= 0.6 is 0 Å². The highest BCUT2D eigenvalue weighted by atomic mass is 16.7. The van der Waals surface area contributed by atoms with Gasteiger partial charge >= 0.3 is 7.12 Å². The van der Waals surface area contributed by atoms with E-state index in [2.05, 4.69) is 0 Å². The third kappa shape index (κ3) is 3.76. The molecule has 0 atom stereocenters. The molecule has 5 heteroatoms. The standard InChI is InChI=1S/C15H30BNO3/c1-9-17(12(18)13(2,3)4)11-10-16-19-14(5,6)15(7,8)20-16/h9-11H2,1-8H3. The van der Waals surface area contributed by atoms with E-state index in [0.717, 1.165) is 6.54 Å². The van der Waals surface area contributed by atoms with Gasteiger partial charge in [-0.3, -0.25) is 4.79 Å². The number of amides is 1. The highest BCUT2D eigenvalue weighted by Crippen LogP contribution is 2.37. The van der Waals surface area contributed by atoms with Crippen molar-refractivity contribution in [1.29, 1.82) is 0 Å². The Bertz CT molecular complexity index is 345. The van der Waals surface area contributed by atoms with Crippen molar-refractivity contribution in [3.8, 4) is 0 Å². The monoisotopic (exact) mass is 283 g/mol. The van der Waals surface area contributed by atoms with E-state index in [9.17, 15) is 4.79 Å². The van der Waals surface area contributed by atoms with Gasteiger partial charge in [0.05, 0.1) is 11.2 Å². The van der Waals surface area contributed by atoms with E-state index in [0.29, 0.717) is 12.9 Å². The minimum atomic E-state index is -0.341. The van der Waals surface area contributed by atoms with E-state index in [1.54, 1.807) is 0 Å². The van der Waals surface area contributed by atoms with E-state index in [1.807, 2.05) is 60.3 Å². The Morgan fingerprint density at radius 1 is 1.10 bits per heavy atom. The number of rotatable bonds is 4. The van der Waals surface area contributed by atoms with Gasteiger partial charge in [0, 0.05) is 18.5 Å². The Morgan fingerprint density at radius 2 is 1.55 bits per heavy atom. The summed E-state index contributed by atoms with van der Waals surface area (Å²) >= 11 is 0. The second-order valence-corrected chi connectivity index (χ2v) is 7.61. The molecule has 1 rings (SSSR count). The van der Waals surface area contributed by atoms with E-state index in [1.165, 1.54) is 0 Å². The molecule has 0 aromatic heterocycles. The Hall–Kier alpha value is -0.545. The van der Waals surface area contributed by atoms with Crippen LogP contribution in [0.15, 0.2) is 0 Å². The zero-order valence-corrected chi connectivity index (χ0v) is 14.4. The van der Waals surface area contributed by atoms with Crippen molar-refractivity contribution in [3.05, 3.63) is 0 Å². The third-order valence-electron chi connectivity index (χ3n) is 4.25. The van der Waals surface area contributed by atoms with Gasteiger partial charge in [0.25, 0.3) is 0 Å². The molecule has 4 nitrogen and oxygen atoms in total. The fourth-order valence-electron chi connectivity index (χ4n) is 2.22. The van der Waals surface area contributed by atoms with Crippen molar-refractivity contribution in [3.63, 3.8) is 0 Å². The Kier molecular flexibility index (Phi) is 4.97. The fourth-order valence-corrected chi connectivity index (χ4v) is 2.22. The van der Waals surface area contributed by atoms with Crippen LogP contribution in [0.4, 0.5) is 0 Å². The molecule has 1 saturated heterocycles. The summed E-state index contributed by atoms with van der Waals surface area (Å²) < 4.78 is 11.9. The van der Waals surface area contributed by atoms with E-state index >= 15 is 0 Å². The van der Waals surface area contributed by atoms with E-state index in [-0.39, 0.29) is 29.6 Å². The van der Waals surface area contributed by atoms with Gasteiger partial charge in [0.15, 0.2) is 0 Å². The molecule has 0 bridgehead atoms. The molecule has 1 fully saturated rings. The lowest BCUT2D eigenvalue weighted by molar-refractivity contribution is -0.139. The second kappa shape index (κ2) is 5.68. The van der Waals surface area contributed by atoms with Gasteiger partial charge in [-0.25, -0.2) is 0 Å². The quantitative estimate of drug-likeness (QED) is 0.744. The number of carbonyl (C=O) groups is 1. The maximum Gasteiger partial charge on any atom is 0.459 e. The summed E-state index contributed by atoms with van der Waals surface area (Å²) in [5.74, 6) is 0.177. The number of carbonyl (C=O) groups excluding carboxylic acids is 1. The van der Waals surface area contributed by atoms with Crippen LogP contribution in [0.1, 0.15) is 55.4 Å². The normalized spacial score (nSPS) is 21.1. The van der Waals surface area contributed by atoms with E-state index in [4.69, 9.17) is 9.31 Å². The molecule has 0 aromatic carbocycles. The van der Waals surface area contributed by atoms with Gasteiger partial charge in [-0.2, -0.15) is 0 Å². The van der Waals surface area contributed by atoms with Crippen LogP contribution in [-0.4, -0.2) is 42.2 Å². The van der Waals surface area contributed by atoms with Crippen LogP contribution in [0.3, 0.4) is 0 Å². The lowest BCUT2D eigenvalue weighted by Gasteiger charge is -2.32. The summed E-state index contributed by atoms with van der Waals surface area (Å²) in [5.41, 5.74) is -0.947. The summed E-state index contributed by atoms with van der Waals surface area (Å²) in [7, 11) is -0.234. The van der Waals surface area contributed by atoms with Crippen molar-refractivity contribution in [2.45, 2.75) is 72.9 Å². The topological polar surface area (TPSA) is 38.8 Å². The first-order chi connectivity index (χ1) is 8.90. The molecule has 0 unspecified atom stereocenters. The largest absolute Gasteiger partial charge is 0.459 e. The average molecular weight is 283 g/mol. The van der Waals surface area contributed by atoms with Crippen molar-refractivity contribution in [2.24, 2.45) is 5.41 Å². The third-order valence-corrected chi connectivity index (χ3v) is 4.25. The lowest BCUT2D eigenvalue weighted by atomic mass is 9.84. The van der Waals surface area contributed by atoms with Crippen molar-refractivity contribution < 1.29 is 14.1 Å². The Morgan fingerprint density at radius 3 is 1.90 bits per heavy atom. The summed E-state index contributed by atoms with van der Waals surface area (Å²) in [6.07, 6.45) is 0.711. The molecule has 116 valence electrons. The van der Waals surface area contributed by atoms with Crippen molar-refractivity contribution >= 4 is 13.0 Å². The van der Waals surface area contributed by atoms with Gasteiger partial charge in [0.2, 0.25) is 5.91 Å². The molecule has 0 radical (unpaired) electrons. The first-order valence-corrected chi connectivity index (χ1v) is 7.56. The summed E-state index contributed by atoms with van der Waals surface area (Å²) in [6.45, 7) is 17.4. The predicted molar refractivity (Wildman–Crippen MR) is 82.6 cm³/mol. The van der Waals surface area contributed by atoms with Crippen molar-refractivity contribution in [2.75, 3.05) is 13.1 Å². The SMILES string of the molecule is CCN(CCB1OC(C)(C)C(C)(C)O1)C(=O)C(C)(C)C. The molecule has 1 heterocycles. The Labute approximate surface area is 124 Å². The zero-order valence-electron chi connectivity index (χ0n) is 14.4. The first kappa shape index (κ1) is 17.5. The zero-order chi connectivity index (χ0) is 15.8. The molecular weight excluding hydrogens is 253 g/mol. The second-order valence-electron chi connectivity index (χ2n) is 7.61. The molecule has 0 spiro atoms. The van der Waals surface area contributed by atoms with Crippen LogP contribution in [0, 0.1) is 5.41 Å². The first-order valence-electron chi connectivity index (χ1n) is 7.56. The van der Waals surface area contributed by atoms with Gasteiger partial charge in [0.1, 0.15) is 0 Å². The molecule has 0 aromatic rings. The molecule has 1 amide bonds. The molecule has 1 aliphatic heterocycles. The van der Waals surface area contributed by atoms with Gasteiger partial charge in [-0.15, -0.1) is 0 Å². The average Bonchev–Trinajstić information content (AvgIpc) is 2.46. The summed E-state index contributed by atoms with van der Waals surface area (Å²) in [6, 6.07) is 0. The maximum atomic E-state index is 12.3. The van der Waals surface area contributed by atoms with Crippen molar-refractivity contribution in [1.82, 2.24) is 4.90 Å². The van der Waals surface area contributed by atoms with Crippen LogP contribution in [0.2, 0.25) is 6.32 Å². The van der Waals surface area contributed by atoms with Gasteiger partial charge in [-0.1, -0.05) is 20.8 Å². The minimum Gasteiger partial charge on any atom is -0.403 e. The molecule has 0 saturated carbocycles. The highest BCUT2D eigenvalue weighted by Gasteiger charge is 2.50. The smallest absolute Gasteiger partial charge is 0.403 e. The Balaban J connectivity index is 2.58. The number of nitrogens with zero attached hydrogens (tertiary/aromatic N) is 1. The highest BCUT2D eigenvalue weighted by molar-refractivity contribution is 6.45. The molecule has 0 aliphatic carbocycles. The van der Waals surface area contributed by atoms with Crippen LogP contribution in [0.25, 0.3) is 0 Å².